The van der Waals surface area contributed by atoms with Crippen LogP contribution in [0.15, 0.2) is 53.7 Å². The van der Waals surface area contributed by atoms with E-state index in [0.717, 1.165) is 5.69 Å². The molecule has 1 saturated heterocycles. The maximum atomic E-state index is 13.5. The Bertz CT molecular complexity index is 1300. The highest BCUT2D eigenvalue weighted by molar-refractivity contribution is 7.89. The van der Waals surface area contributed by atoms with Crippen LogP contribution in [0.1, 0.15) is 28.4 Å². The van der Waals surface area contributed by atoms with E-state index >= 15 is 0 Å². The Labute approximate surface area is 205 Å². The molecular formula is C24H28ClN5O3S. The molecule has 34 heavy (non-hydrogen) atoms. The molecule has 1 aromatic heterocycles. The van der Waals surface area contributed by atoms with Crippen molar-refractivity contribution in [2.45, 2.75) is 32.3 Å². The zero-order valence-corrected chi connectivity index (χ0v) is 21.0. The van der Waals surface area contributed by atoms with Crippen molar-refractivity contribution in [2.24, 2.45) is 0 Å². The second-order valence-electron chi connectivity index (χ2n) is 8.27. The third-order valence-electron chi connectivity index (χ3n) is 6.14. The lowest BCUT2D eigenvalue weighted by molar-refractivity contribution is 0.102. The normalized spacial score (nSPS) is 14.9. The zero-order chi connectivity index (χ0) is 24.5. The number of rotatable bonds is 6. The Morgan fingerprint density at radius 1 is 1.06 bits per heavy atom. The Balaban J connectivity index is 1.55. The standard InChI is InChI=1S/C24H28ClN5O3S/c1-4-29-16-21(23(31)26-20-10-8-19(25)9-11-20)24(27-29)34(32,33)30-14-12-28(13-15-30)22-7-5-6-17(2)18(22)3/h5-11,16H,4,12-15H2,1-3H3,(H,26,31). The van der Waals surface area contributed by atoms with Gasteiger partial charge in [-0.3, -0.25) is 9.48 Å². The van der Waals surface area contributed by atoms with Gasteiger partial charge in [0.05, 0.1) is 5.56 Å². The van der Waals surface area contributed by atoms with Gasteiger partial charge in [-0.1, -0.05) is 23.7 Å². The fourth-order valence-corrected chi connectivity index (χ4v) is 5.66. The van der Waals surface area contributed by atoms with Crippen LogP contribution in [0.5, 0.6) is 0 Å². The molecule has 10 heteroatoms. The van der Waals surface area contributed by atoms with Crippen LogP contribution in [0.25, 0.3) is 0 Å². The van der Waals surface area contributed by atoms with Crippen molar-refractivity contribution in [3.05, 3.63) is 70.4 Å². The minimum atomic E-state index is -3.96. The SMILES string of the molecule is CCn1cc(C(=O)Nc2ccc(Cl)cc2)c(S(=O)(=O)N2CCN(c3cccc(C)c3C)CC2)n1. The highest BCUT2D eigenvalue weighted by Crippen LogP contribution is 2.27. The molecule has 1 aliphatic heterocycles. The predicted molar refractivity (Wildman–Crippen MR) is 134 cm³/mol. The Morgan fingerprint density at radius 3 is 2.38 bits per heavy atom. The summed E-state index contributed by atoms with van der Waals surface area (Å²) in [7, 11) is -3.96. The zero-order valence-electron chi connectivity index (χ0n) is 19.5. The average molecular weight is 502 g/mol. The second-order valence-corrected chi connectivity index (χ2v) is 10.6. The van der Waals surface area contributed by atoms with Crippen molar-refractivity contribution in [2.75, 3.05) is 36.4 Å². The molecule has 8 nitrogen and oxygen atoms in total. The minimum absolute atomic E-state index is 0.0220. The molecule has 0 aliphatic carbocycles. The van der Waals surface area contributed by atoms with Crippen molar-refractivity contribution >= 4 is 38.9 Å². The number of hydrogen-bond donors (Lipinski definition) is 1. The van der Waals surface area contributed by atoms with Crippen molar-refractivity contribution in [1.29, 1.82) is 0 Å². The summed E-state index contributed by atoms with van der Waals surface area (Å²) in [5.41, 5.74) is 4.06. The number of amides is 1. The lowest BCUT2D eigenvalue weighted by atomic mass is 10.1. The van der Waals surface area contributed by atoms with Gasteiger partial charge in [-0.2, -0.15) is 9.40 Å². The van der Waals surface area contributed by atoms with Crippen molar-refractivity contribution in [3.8, 4) is 0 Å². The van der Waals surface area contributed by atoms with Gasteiger partial charge in [0, 0.05) is 55.3 Å². The molecule has 0 radical (unpaired) electrons. The number of nitrogens with zero attached hydrogens (tertiary/aromatic N) is 4. The average Bonchev–Trinajstić information content (AvgIpc) is 3.28. The van der Waals surface area contributed by atoms with Crippen LogP contribution in [0.4, 0.5) is 11.4 Å². The molecule has 1 aliphatic rings. The van der Waals surface area contributed by atoms with Gasteiger partial charge in [-0.15, -0.1) is 0 Å². The summed E-state index contributed by atoms with van der Waals surface area (Å²) in [6.45, 7) is 8.18. The van der Waals surface area contributed by atoms with Gasteiger partial charge in [0.2, 0.25) is 5.03 Å². The topological polar surface area (TPSA) is 87.5 Å². The molecule has 1 N–H and O–H groups in total. The van der Waals surface area contributed by atoms with E-state index in [1.54, 1.807) is 24.3 Å². The van der Waals surface area contributed by atoms with E-state index in [2.05, 4.69) is 41.3 Å². The number of aromatic nitrogens is 2. The molecule has 0 atom stereocenters. The molecule has 0 spiro atoms. The van der Waals surface area contributed by atoms with Crippen molar-refractivity contribution < 1.29 is 13.2 Å². The molecule has 1 fully saturated rings. The number of carbonyl (C=O) groups is 1. The highest BCUT2D eigenvalue weighted by atomic mass is 35.5. The molecule has 0 unspecified atom stereocenters. The largest absolute Gasteiger partial charge is 0.369 e. The number of aryl methyl sites for hydroxylation is 2. The number of anilines is 2. The van der Waals surface area contributed by atoms with E-state index < -0.39 is 15.9 Å². The van der Waals surface area contributed by atoms with Crippen molar-refractivity contribution in [3.63, 3.8) is 0 Å². The summed E-state index contributed by atoms with van der Waals surface area (Å²) in [6, 6.07) is 12.8. The summed E-state index contributed by atoms with van der Waals surface area (Å²) in [5, 5.41) is 7.30. The monoisotopic (exact) mass is 501 g/mol. The number of piperazine rings is 1. The summed E-state index contributed by atoms with van der Waals surface area (Å²) < 4.78 is 30.0. The van der Waals surface area contributed by atoms with Crippen LogP contribution in [0.3, 0.4) is 0 Å². The number of sulfonamides is 1. The lowest BCUT2D eigenvalue weighted by Gasteiger charge is -2.36. The van der Waals surface area contributed by atoms with Gasteiger partial charge in [0.25, 0.3) is 15.9 Å². The molecule has 1 amide bonds. The van der Waals surface area contributed by atoms with Crippen LogP contribution < -0.4 is 10.2 Å². The first kappa shape index (κ1) is 24.3. The molecule has 0 bridgehead atoms. The number of benzene rings is 2. The molecule has 2 aromatic carbocycles. The number of carbonyl (C=O) groups excluding carboxylic acids is 1. The van der Waals surface area contributed by atoms with Crippen LogP contribution in [0, 0.1) is 13.8 Å². The molecule has 2 heterocycles. The van der Waals surface area contributed by atoms with Gasteiger partial charge in [-0.05, 0) is 62.2 Å². The number of halogens is 1. The fourth-order valence-electron chi connectivity index (χ4n) is 4.01. The molecule has 0 saturated carbocycles. The maximum absolute atomic E-state index is 13.5. The van der Waals surface area contributed by atoms with Crippen molar-refractivity contribution in [1.82, 2.24) is 14.1 Å². The Kier molecular flexibility index (Phi) is 6.97. The van der Waals surface area contributed by atoms with Gasteiger partial charge >= 0.3 is 0 Å². The summed E-state index contributed by atoms with van der Waals surface area (Å²) in [4.78, 5) is 15.2. The van der Waals surface area contributed by atoms with E-state index in [1.165, 1.54) is 26.3 Å². The number of nitrogens with one attached hydrogen (secondary N) is 1. The third kappa shape index (κ3) is 4.82. The van der Waals surface area contributed by atoms with E-state index in [1.807, 2.05) is 13.0 Å². The first-order valence-electron chi connectivity index (χ1n) is 11.2. The molecule has 3 aromatic rings. The maximum Gasteiger partial charge on any atom is 0.263 e. The summed E-state index contributed by atoms with van der Waals surface area (Å²) in [6.07, 6.45) is 1.48. The summed E-state index contributed by atoms with van der Waals surface area (Å²) >= 11 is 5.91. The molecule has 4 rings (SSSR count). The second kappa shape index (κ2) is 9.77. The molecular weight excluding hydrogens is 474 g/mol. The highest BCUT2D eigenvalue weighted by Gasteiger charge is 2.35. The van der Waals surface area contributed by atoms with E-state index in [9.17, 15) is 13.2 Å². The number of hydrogen-bond acceptors (Lipinski definition) is 5. The van der Waals surface area contributed by atoms with Gasteiger partial charge < -0.3 is 10.2 Å². The predicted octanol–water partition coefficient (Wildman–Crippen LogP) is 3.94. The lowest BCUT2D eigenvalue weighted by Crippen LogP contribution is -2.49. The van der Waals surface area contributed by atoms with Crippen LogP contribution in [-0.4, -0.2) is 54.6 Å². The quantitative estimate of drug-likeness (QED) is 0.553. The van der Waals surface area contributed by atoms with Crippen LogP contribution in [-0.2, 0) is 16.6 Å². The smallest absolute Gasteiger partial charge is 0.263 e. The Hall–Kier alpha value is -2.88. The van der Waals surface area contributed by atoms with Gasteiger partial charge in [0.15, 0.2) is 0 Å². The first-order valence-corrected chi connectivity index (χ1v) is 13.0. The van der Waals surface area contributed by atoms with Crippen LogP contribution >= 0.6 is 11.6 Å². The Morgan fingerprint density at radius 2 is 1.74 bits per heavy atom. The van der Waals surface area contributed by atoms with E-state index in [-0.39, 0.29) is 10.6 Å². The first-order chi connectivity index (χ1) is 16.2. The van der Waals surface area contributed by atoms with E-state index in [0.29, 0.717) is 43.4 Å². The fraction of sp³-hybridized carbons (Fsp3) is 0.333. The van der Waals surface area contributed by atoms with Crippen LogP contribution in [0.2, 0.25) is 5.02 Å². The third-order valence-corrected chi connectivity index (χ3v) is 8.23. The minimum Gasteiger partial charge on any atom is -0.369 e. The molecule has 180 valence electrons. The summed E-state index contributed by atoms with van der Waals surface area (Å²) in [5.74, 6) is -0.533. The van der Waals surface area contributed by atoms with Gasteiger partial charge in [0.1, 0.15) is 0 Å². The van der Waals surface area contributed by atoms with E-state index in [4.69, 9.17) is 11.6 Å². The van der Waals surface area contributed by atoms with Gasteiger partial charge in [-0.25, -0.2) is 8.42 Å².